The van der Waals surface area contributed by atoms with E-state index in [1.165, 1.54) is 12.1 Å². The molecule has 27 heavy (non-hydrogen) atoms. The Morgan fingerprint density at radius 1 is 1.15 bits per heavy atom. The first-order valence-corrected chi connectivity index (χ1v) is 8.92. The average Bonchev–Trinajstić information content (AvgIpc) is 3.05. The van der Waals surface area contributed by atoms with Crippen molar-refractivity contribution in [2.75, 3.05) is 18.9 Å². The van der Waals surface area contributed by atoms with E-state index in [9.17, 15) is 18.0 Å². The van der Waals surface area contributed by atoms with Crippen LogP contribution in [0, 0.1) is 17.5 Å². The number of likely N-dealkylation sites (N-methyl/N-ethyl adjacent to an activating group) is 1. The third-order valence-electron chi connectivity index (χ3n) is 3.71. The topological polar surface area (TPSA) is 45.2 Å². The number of carbonyl (C=O) groups excluding carboxylic acids is 1. The van der Waals surface area contributed by atoms with E-state index in [0.717, 1.165) is 35.1 Å². The molecule has 0 aliphatic heterocycles. The summed E-state index contributed by atoms with van der Waals surface area (Å²) in [5.41, 5.74) is 1.04. The van der Waals surface area contributed by atoms with Crippen LogP contribution in [0.3, 0.4) is 0 Å². The highest BCUT2D eigenvalue weighted by atomic mass is 32.1. The normalized spacial score (nSPS) is 11.0. The zero-order valence-corrected chi connectivity index (χ0v) is 15.2. The van der Waals surface area contributed by atoms with E-state index in [1.54, 1.807) is 29.5 Å². The lowest BCUT2D eigenvalue weighted by molar-refractivity contribution is -0.117. The van der Waals surface area contributed by atoms with Gasteiger partial charge in [0.2, 0.25) is 5.91 Å². The van der Waals surface area contributed by atoms with Gasteiger partial charge in [-0.25, -0.2) is 18.2 Å². The number of amides is 1. The molecule has 1 amide bonds. The molecule has 0 saturated heterocycles. The van der Waals surface area contributed by atoms with Gasteiger partial charge in [0, 0.05) is 17.5 Å². The third-order valence-corrected chi connectivity index (χ3v) is 4.47. The molecule has 1 N–H and O–H groups in total. The van der Waals surface area contributed by atoms with Crippen molar-refractivity contribution in [3.05, 3.63) is 70.9 Å². The van der Waals surface area contributed by atoms with Crippen molar-refractivity contribution in [1.29, 1.82) is 0 Å². The predicted molar refractivity (Wildman–Crippen MR) is 98.8 cm³/mol. The van der Waals surface area contributed by atoms with E-state index in [0.29, 0.717) is 6.54 Å². The van der Waals surface area contributed by atoms with Gasteiger partial charge in [-0.15, -0.1) is 11.3 Å². The molecule has 8 heteroatoms. The monoisotopic (exact) mass is 391 g/mol. The minimum absolute atomic E-state index is 0.0370. The fourth-order valence-corrected chi connectivity index (χ4v) is 3.28. The van der Waals surface area contributed by atoms with Gasteiger partial charge in [-0.3, -0.25) is 9.69 Å². The molecule has 1 aromatic heterocycles. The minimum atomic E-state index is -0.589. The lowest BCUT2D eigenvalue weighted by Crippen LogP contribution is -2.29. The summed E-state index contributed by atoms with van der Waals surface area (Å²) in [5, 5.41) is 4.47. The Morgan fingerprint density at radius 2 is 1.93 bits per heavy atom. The Balaban J connectivity index is 1.60. The average molecular weight is 391 g/mol. The van der Waals surface area contributed by atoms with Crippen molar-refractivity contribution in [3.63, 3.8) is 0 Å². The van der Waals surface area contributed by atoms with Gasteiger partial charge in [-0.1, -0.05) is 12.1 Å². The molecule has 3 aromatic rings. The molecule has 0 fully saturated rings. The second-order valence-corrected chi connectivity index (χ2v) is 6.87. The van der Waals surface area contributed by atoms with E-state index in [1.807, 2.05) is 0 Å². The summed E-state index contributed by atoms with van der Waals surface area (Å²) in [6, 6.07) is 9.28. The summed E-state index contributed by atoms with van der Waals surface area (Å²) in [6.07, 6.45) is 0. The number of carbonyl (C=O) groups is 1. The third kappa shape index (κ3) is 5.15. The Bertz CT molecular complexity index is 961. The highest BCUT2D eigenvalue weighted by Crippen LogP contribution is 2.27. The largest absolute Gasteiger partial charge is 0.301 e. The molecule has 0 spiro atoms. The molecule has 0 saturated carbocycles. The lowest BCUT2D eigenvalue weighted by Gasteiger charge is -2.15. The van der Waals surface area contributed by atoms with E-state index < -0.39 is 11.6 Å². The molecule has 1 heterocycles. The van der Waals surface area contributed by atoms with E-state index >= 15 is 0 Å². The van der Waals surface area contributed by atoms with Gasteiger partial charge in [-0.05, 0) is 42.9 Å². The molecule has 4 nitrogen and oxygen atoms in total. The Morgan fingerprint density at radius 3 is 2.70 bits per heavy atom. The molecule has 2 aromatic carbocycles. The van der Waals surface area contributed by atoms with Crippen molar-refractivity contribution >= 4 is 22.4 Å². The van der Waals surface area contributed by atoms with Crippen molar-refractivity contribution in [2.24, 2.45) is 0 Å². The van der Waals surface area contributed by atoms with E-state index in [-0.39, 0.29) is 34.7 Å². The summed E-state index contributed by atoms with van der Waals surface area (Å²) in [6.45, 7) is 0.475. The molecule has 0 atom stereocenters. The molecule has 3 rings (SSSR count). The maximum absolute atomic E-state index is 13.8. The standard InChI is InChI=1S/C19H16F3N3OS/c1-25(9-12-3-2-4-13(20)7-12)10-18(26)24-19-23-17(11-27-19)15-8-14(21)5-6-16(15)22/h2-8,11H,9-10H2,1H3,(H,23,24,26). The number of hydrogen-bond donors (Lipinski definition) is 1. The quantitative estimate of drug-likeness (QED) is 0.682. The number of benzene rings is 2. The minimum Gasteiger partial charge on any atom is -0.301 e. The fraction of sp³-hybridized carbons (Fsp3) is 0.158. The maximum Gasteiger partial charge on any atom is 0.240 e. The number of halogens is 3. The Hall–Kier alpha value is -2.71. The van der Waals surface area contributed by atoms with Crippen LogP contribution in [0.2, 0.25) is 0 Å². The number of hydrogen-bond acceptors (Lipinski definition) is 4. The van der Waals surface area contributed by atoms with Gasteiger partial charge >= 0.3 is 0 Å². The van der Waals surface area contributed by atoms with Crippen LogP contribution in [0.5, 0.6) is 0 Å². The van der Waals surface area contributed by atoms with Gasteiger partial charge in [0.25, 0.3) is 0 Å². The van der Waals surface area contributed by atoms with E-state index in [2.05, 4.69) is 10.3 Å². The van der Waals surface area contributed by atoms with Gasteiger partial charge in [0.15, 0.2) is 5.13 Å². The van der Waals surface area contributed by atoms with Crippen LogP contribution in [0.15, 0.2) is 47.8 Å². The molecule has 0 bridgehead atoms. The number of nitrogens with zero attached hydrogens (tertiary/aromatic N) is 2. The van der Waals surface area contributed by atoms with Crippen molar-refractivity contribution < 1.29 is 18.0 Å². The fourth-order valence-electron chi connectivity index (χ4n) is 2.56. The summed E-state index contributed by atoms with van der Waals surface area (Å²) in [4.78, 5) is 18.0. The van der Waals surface area contributed by atoms with Crippen molar-refractivity contribution in [2.45, 2.75) is 6.54 Å². The summed E-state index contributed by atoms with van der Waals surface area (Å²) in [7, 11) is 1.74. The van der Waals surface area contributed by atoms with E-state index in [4.69, 9.17) is 0 Å². The summed E-state index contributed by atoms with van der Waals surface area (Å²) >= 11 is 1.12. The van der Waals surface area contributed by atoms with Crippen LogP contribution in [-0.2, 0) is 11.3 Å². The van der Waals surface area contributed by atoms with Crippen LogP contribution >= 0.6 is 11.3 Å². The number of rotatable bonds is 6. The maximum atomic E-state index is 13.8. The highest BCUT2D eigenvalue weighted by molar-refractivity contribution is 7.14. The molecule has 0 aliphatic rings. The number of thiazole rings is 1. The highest BCUT2D eigenvalue weighted by Gasteiger charge is 2.13. The van der Waals surface area contributed by atoms with Crippen LogP contribution < -0.4 is 5.32 Å². The molecule has 0 radical (unpaired) electrons. The van der Waals surface area contributed by atoms with Gasteiger partial charge in [-0.2, -0.15) is 0 Å². The molecule has 0 unspecified atom stereocenters. The second kappa shape index (κ2) is 8.32. The van der Waals surface area contributed by atoms with Crippen molar-refractivity contribution in [3.8, 4) is 11.3 Å². The molecule has 140 valence electrons. The smallest absolute Gasteiger partial charge is 0.240 e. The molecular formula is C19H16F3N3OS. The summed E-state index contributed by atoms with van der Waals surface area (Å²) in [5.74, 6) is -1.79. The molecule has 0 aliphatic carbocycles. The predicted octanol–water partition coefficient (Wildman–Crippen LogP) is 4.30. The first-order chi connectivity index (χ1) is 12.9. The zero-order chi connectivity index (χ0) is 19.4. The summed E-state index contributed by atoms with van der Waals surface area (Å²) < 4.78 is 40.3. The van der Waals surface area contributed by atoms with Crippen LogP contribution in [0.1, 0.15) is 5.56 Å². The van der Waals surface area contributed by atoms with Gasteiger partial charge < -0.3 is 5.32 Å². The van der Waals surface area contributed by atoms with Gasteiger partial charge in [0.05, 0.1) is 12.2 Å². The molecular weight excluding hydrogens is 375 g/mol. The number of anilines is 1. The Labute approximate surface area is 158 Å². The van der Waals surface area contributed by atoms with Crippen molar-refractivity contribution in [1.82, 2.24) is 9.88 Å². The first-order valence-electron chi connectivity index (χ1n) is 8.04. The van der Waals surface area contributed by atoms with Crippen LogP contribution in [0.25, 0.3) is 11.3 Å². The number of nitrogens with one attached hydrogen (secondary N) is 1. The van der Waals surface area contributed by atoms with Gasteiger partial charge in [0.1, 0.15) is 17.5 Å². The van der Waals surface area contributed by atoms with Crippen LogP contribution in [0.4, 0.5) is 18.3 Å². The van der Waals surface area contributed by atoms with Crippen LogP contribution in [-0.4, -0.2) is 29.4 Å². The second-order valence-electron chi connectivity index (χ2n) is 6.01. The Kier molecular flexibility index (Phi) is 5.88. The SMILES string of the molecule is CN(CC(=O)Nc1nc(-c2cc(F)ccc2F)cs1)Cc1cccc(F)c1. The lowest BCUT2D eigenvalue weighted by atomic mass is 10.1. The number of aromatic nitrogens is 1. The zero-order valence-electron chi connectivity index (χ0n) is 14.4. The first kappa shape index (κ1) is 19.1.